The summed E-state index contributed by atoms with van der Waals surface area (Å²) in [5.41, 5.74) is 3.05. The molecule has 0 radical (unpaired) electrons. The fourth-order valence-electron chi connectivity index (χ4n) is 4.53. The van der Waals surface area contributed by atoms with Gasteiger partial charge in [-0.05, 0) is 23.8 Å². The predicted octanol–water partition coefficient (Wildman–Crippen LogP) is 3.96. The second-order valence-corrected chi connectivity index (χ2v) is 10.5. The molecule has 30 heavy (non-hydrogen) atoms. The minimum Gasteiger partial charge on any atom is -0.459 e. The van der Waals surface area contributed by atoms with E-state index < -0.39 is 15.1 Å². The second kappa shape index (κ2) is 6.75. The first-order chi connectivity index (χ1) is 14.3. The van der Waals surface area contributed by atoms with Crippen LogP contribution in [-0.2, 0) is 27.6 Å². The van der Waals surface area contributed by atoms with E-state index >= 15 is 0 Å². The molecule has 6 nitrogen and oxygen atoms in total. The first kappa shape index (κ1) is 19.5. The number of fused-ring (bicyclic) bond motifs is 4. The molecule has 8 heteroatoms. The zero-order valence-corrected chi connectivity index (χ0v) is 18.3. The number of amides is 1. The van der Waals surface area contributed by atoms with E-state index in [1.807, 2.05) is 36.2 Å². The van der Waals surface area contributed by atoms with Gasteiger partial charge in [-0.15, -0.1) is 0 Å². The summed E-state index contributed by atoms with van der Waals surface area (Å²) in [6.45, 7) is 2.89. The van der Waals surface area contributed by atoms with E-state index in [9.17, 15) is 13.2 Å². The van der Waals surface area contributed by atoms with E-state index in [0.29, 0.717) is 37.0 Å². The standard InChI is InChI=1S/C22H21ClN2O4S/c1-13(26)25-8-7-20-17(11-25)16-9-14(10-18(23)22(16)29-20)30(27,28)21-12-24(2)19-6-4-3-5-15(19)21/h3-6,9-10,21H,7-8,11-12H2,1-2H3. The molecule has 1 aromatic heterocycles. The SMILES string of the molecule is CC(=O)N1CCc2oc3c(Cl)cc(S(=O)(=O)C4CN(C)c5ccccc54)cc3c2C1. The highest BCUT2D eigenvalue weighted by Crippen LogP contribution is 2.43. The molecular formula is C22H21ClN2O4S. The maximum absolute atomic E-state index is 13.6. The maximum Gasteiger partial charge on any atom is 0.219 e. The van der Waals surface area contributed by atoms with Crippen molar-refractivity contribution >= 4 is 44.0 Å². The van der Waals surface area contributed by atoms with Crippen molar-refractivity contribution in [2.24, 2.45) is 0 Å². The fourth-order valence-corrected chi connectivity index (χ4v) is 6.70. The van der Waals surface area contributed by atoms with Gasteiger partial charge in [0.25, 0.3) is 0 Å². The number of benzene rings is 2. The minimum atomic E-state index is -3.68. The van der Waals surface area contributed by atoms with Gasteiger partial charge in [0.2, 0.25) is 5.91 Å². The lowest BCUT2D eigenvalue weighted by Crippen LogP contribution is -2.33. The van der Waals surface area contributed by atoms with Gasteiger partial charge in [-0.25, -0.2) is 8.42 Å². The van der Waals surface area contributed by atoms with Gasteiger partial charge in [-0.2, -0.15) is 0 Å². The molecule has 3 aromatic rings. The Morgan fingerprint density at radius 2 is 2.00 bits per heavy atom. The van der Waals surface area contributed by atoms with Gasteiger partial charge in [0.1, 0.15) is 11.0 Å². The number of rotatable bonds is 2. The van der Waals surface area contributed by atoms with E-state index in [1.165, 1.54) is 13.0 Å². The molecule has 0 spiro atoms. The van der Waals surface area contributed by atoms with Crippen molar-refractivity contribution in [2.45, 2.75) is 30.0 Å². The Hall–Kier alpha value is -2.51. The molecule has 1 unspecified atom stereocenters. The summed E-state index contributed by atoms with van der Waals surface area (Å²) in [5.74, 6) is 0.750. The first-order valence-corrected chi connectivity index (χ1v) is 11.7. The van der Waals surface area contributed by atoms with Gasteiger partial charge >= 0.3 is 0 Å². The van der Waals surface area contributed by atoms with E-state index in [1.54, 1.807) is 11.0 Å². The third-order valence-corrected chi connectivity index (χ3v) is 8.47. The van der Waals surface area contributed by atoms with Crippen molar-refractivity contribution in [1.82, 2.24) is 4.90 Å². The van der Waals surface area contributed by atoms with Gasteiger partial charge in [0.15, 0.2) is 15.4 Å². The summed E-state index contributed by atoms with van der Waals surface area (Å²) in [7, 11) is -1.79. The predicted molar refractivity (Wildman–Crippen MR) is 116 cm³/mol. The Labute approximate surface area is 179 Å². The molecule has 2 aromatic carbocycles. The summed E-state index contributed by atoms with van der Waals surface area (Å²) in [4.78, 5) is 15.7. The van der Waals surface area contributed by atoms with Gasteiger partial charge < -0.3 is 14.2 Å². The summed E-state index contributed by atoms with van der Waals surface area (Å²) < 4.78 is 33.2. The van der Waals surface area contributed by atoms with Crippen LogP contribution in [0.1, 0.15) is 29.1 Å². The van der Waals surface area contributed by atoms with Crippen LogP contribution < -0.4 is 4.90 Å². The smallest absolute Gasteiger partial charge is 0.219 e. The molecule has 2 aliphatic heterocycles. The van der Waals surface area contributed by atoms with E-state index in [2.05, 4.69) is 0 Å². The van der Waals surface area contributed by atoms with Crippen LogP contribution >= 0.6 is 11.6 Å². The third-order valence-electron chi connectivity index (χ3n) is 6.14. The number of furan rings is 1. The Morgan fingerprint density at radius 1 is 1.23 bits per heavy atom. The average molecular weight is 445 g/mol. The lowest BCUT2D eigenvalue weighted by molar-refractivity contribution is -0.129. The zero-order valence-electron chi connectivity index (χ0n) is 16.7. The molecule has 156 valence electrons. The molecule has 0 bridgehead atoms. The normalized spacial score (nSPS) is 18.6. The second-order valence-electron chi connectivity index (χ2n) is 7.95. The van der Waals surface area contributed by atoms with Crippen molar-refractivity contribution in [3.05, 3.63) is 58.3 Å². The van der Waals surface area contributed by atoms with Gasteiger partial charge in [-0.1, -0.05) is 29.8 Å². The van der Waals surface area contributed by atoms with Crippen LogP contribution in [0.25, 0.3) is 11.0 Å². The topological polar surface area (TPSA) is 70.8 Å². The molecule has 1 amide bonds. The van der Waals surface area contributed by atoms with E-state index in [0.717, 1.165) is 22.6 Å². The highest BCUT2D eigenvalue weighted by Gasteiger charge is 2.38. The highest BCUT2D eigenvalue weighted by atomic mass is 35.5. The molecule has 2 aliphatic rings. The molecule has 1 atom stereocenters. The van der Waals surface area contributed by atoms with Crippen LogP contribution in [0.3, 0.4) is 0 Å². The Kier molecular flexibility index (Phi) is 4.38. The van der Waals surface area contributed by atoms with E-state index in [4.69, 9.17) is 16.0 Å². The fraction of sp³-hybridized carbons (Fsp3) is 0.318. The van der Waals surface area contributed by atoms with Crippen LogP contribution in [-0.4, -0.2) is 39.4 Å². The largest absolute Gasteiger partial charge is 0.459 e. The monoisotopic (exact) mass is 444 g/mol. The number of carbonyl (C=O) groups is 1. The van der Waals surface area contributed by atoms with Crippen molar-refractivity contribution in [3.63, 3.8) is 0 Å². The first-order valence-electron chi connectivity index (χ1n) is 9.80. The molecule has 3 heterocycles. The van der Waals surface area contributed by atoms with Crippen LogP contribution in [0.4, 0.5) is 5.69 Å². The average Bonchev–Trinajstić information content (AvgIpc) is 3.26. The Balaban J connectivity index is 1.64. The zero-order chi connectivity index (χ0) is 21.2. The van der Waals surface area contributed by atoms with Crippen molar-refractivity contribution < 1.29 is 17.6 Å². The molecular weight excluding hydrogens is 424 g/mol. The number of para-hydroxylation sites is 1. The maximum atomic E-state index is 13.6. The number of anilines is 1. The van der Waals surface area contributed by atoms with Gasteiger partial charge in [-0.3, -0.25) is 4.79 Å². The molecule has 0 saturated carbocycles. The van der Waals surface area contributed by atoms with Crippen LogP contribution in [0, 0.1) is 0 Å². The minimum absolute atomic E-state index is 0.0181. The van der Waals surface area contributed by atoms with Crippen molar-refractivity contribution in [1.29, 1.82) is 0 Å². The third kappa shape index (κ3) is 2.83. The summed E-state index contributed by atoms with van der Waals surface area (Å²) >= 11 is 6.47. The van der Waals surface area contributed by atoms with Crippen molar-refractivity contribution in [3.8, 4) is 0 Å². The number of hydrogen-bond donors (Lipinski definition) is 0. The summed E-state index contributed by atoms with van der Waals surface area (Å²) in [6.07, 6.45) is 0.586. The quantitative estimate of drug-likeness (QED) is 0.598. The van der Waals surface area contributed by atoms with Gasteiger partial charge in [0.05, 0.1) is 9.92 Å². The molecule has 0 aliphatic carbocycles. The van der Waals surface area contributed by atoms with Gasteiger partial charge in [0, 0.05) is 56.7 Å². The Bertz CT molecular complexity index is 1300. The number of carbonyl (C=O) groups excluding carboxylic acids is 1. The highest BCUT2D eigenvalue weighted by molar-refractivity contribution is 7.91. The Morgan fingerprint density at radius 3 is 2.77 bits per heavy atom. The lowest BCUT2D eigenvalue weighted by Gasteiger charge is -2.25. The van der Waals surface area contributed by atoms with Crippen LogP contribution in [0.5, 0.6) is 0 Å². The van der Waals surface area contributed by atoms with Crippen LogP contribution in [0.15, 0.2) is 45.7 Å². The molecule has 0 fully saturated rings. The molecule has 0 N–H and O–H groups in total. The molecule has 0 saturated heterocycles. The number of likely N-dealkylation sites (N-methyl/N-ethyl adjacent to an activating group) is 1. The van der Waals surface area contributed by atoms with Crippen LogP contribution in [0.2, 0.25) is 5.02 Å². The summed E-state index contributed by atoms with van der Waals surface area (Å²) in [6, 6.07) is 10.7. The number of sulfone groups is 1. The molecule has 5 rings (SSSR count). The lowest BCUT2D eigenvalue weighted by atomic mass is 10.0. The number of hydrogen-bond acceptors (Lipinski definition) is 5. The number of nitrogens with zero attached hydrogens (tertiary/aromatic N) is 2. The van der Waals surface area contributed by atoms with E-state index in [-0.39, 0.29) is 15.8 Å². The summed E-state index contributed by atoms with van der Waals surface area (Å²) in [5, 5.41) is 0.278. The van der Waals surface area contributed by atoms with Crippen molar-refractivity contribution in [2.75, 3.05) is 25.0 Å². The number of halogens is 1.